The average molecular weight is 132 g/mol. The summed E-state index contributed by atoms with van der Waals surface area (Å²) in [6, 6.07) is 0. The molecule has 0 aromatic carbocycles. The van der Waals surface area contributed by atoms with Gasteiger partial charge in [0.25, 0.3) is 0 Å². The largest absolute Gasteiger partial charge is 0.248 e. The maximum atomic E-state index is 10.5. The van der Waals surface area contributed by atoms with E-state index in [0.717, 1.165) is 12.8 Å². The lowest BCUT2D eigenvalue weighted by Crippen LogP contribution is -2.10. The topological polar surface area (TPSA) is 29.3 Å². The molecule has 3 heteroatoms. The van der Waals surface area contributed by atoms with Crippen LogP contribution >= 0.6 is 0 Å². The molecule has 0 amide bonds. The van der Waals surface area contributed by atoms with Gasteiger partial charge in [-0.1, -0.05) is 13.8 Å². The summed E-state index contributed by atoms with van der Waals surface area (Å²) in [6.07, 6.45) is 1.73. The molecular weight excluding hydrogens is 118 g/mol. The van der Waals surface area contributed by atoms with Gasteiger partial charge in [0.1, 0.15) is 0 Å². The second kappa shape index (κ2) is 5.54. The van der Waals surface area contributed by atoms with Gasteiger partial charge in [-0.15, -0.1) is 0 Å². The van der Waals surface area contributed by atoms with Gasteiger partial charge in [0.15, 0.2) is 6.61 Å². The van der Waals surface area contributed by atoms with Gasteiger partial charge in [-0.3, -0.25) is 0 Å². The van der Waals surface area contributed by atoms with Gasteiger partial charge in [0.2, 0.25) is 11.5 Å². The van der Waals surface area contributed by atoms with Crippen molar-refractivity contribution < 1.29 is 9.76 Å². The quantitative estimate of drug-likeness (QED) is 0.531. The van der Waals surface area contributed by atoms with Crippen molar-refractivity contribution >= 4 is 0 Å². The van der Waals surface area contributed by atoms with Crippen molar-refractivity contribution in [3.63, 3.8) is 0 Å². The zero-order valence-corrected chi connectivity index (χ0v) is 6.09. The first kappa shape index (κ1) is 8.40. The predicted octanol–water partition coefficient (Wildman–Crippen LogP) is 1.52. The van der Waals surface area contributed by atoms with Crippen LogP contribution in [0.4, 0.5) is 0 Å². The molecule has 0 rings (SSSR count). The lowest BCUT2D eigenvalue weighted by molar-refractivity contribution is -0.803. The summed E-state index contributed by atoms with van der Waals surface area (Å²) in [5.41, 5.74) is 0. The van der Waals surface area contributed by atoms with Gasteiger partial charge in [-0.05, 0) is 6.42 Å². The van der Waals surface area contributed by atoms with Gasteiger partial charge in [0.05, 0.1) is 4.91 Å². The summed E-state index contributed by atoms with van der Waals surface area (Å²) in [5.74, 6) is 0. The highest BCUT2D eigenvalue weighted by Crippen LogP contribution is 1.84. The van der Waals surface area contributed by atoms with Crippen molar-refractivity contribution in [2.45, 2.75) is 26.7 Å². The SMILES string of the molecule is CCCO[N+](=O)CCC. The summed E-state index contributed by atoms with van der Waals surface area (Å²) in [6.45, 7) is 4.92. The molecule has 3 nitrogen and oxygen atoms in total. The molecule has 0 atom stereocenters. The van der Waals surface area contributed by atoms with E-state index in [1.54, 1.807) is 0 Å². The van der Waals surface area contributed by atoms with E-state index in [-0.39, 0.29) is 0 Å². The van der Waals surface area contributed by atoms with Crippen molar-refractivity contribution in [3.8, 4) is 0 Å². The van der Waals surface area contributed by atoms with Gasteiger partial charge >= 0.3 is 0 Å². The molecule has 0 aromatic rings. The monoisotopic (exact) mass is 132 g/mol. The number of hydrogen-bond acceptors (Lipinski definition) is 2. The Kier molecular flexibility index (Phi) is 5.17. The van der Waals surface area contributed by atoms with E-state index in [1.165, 1.54) is 0 Å². The third-order valence-electron chi connectivity index (χ3n) is 0.846. The van der Waals surface area contributed by atoms with E-state index in [2.05, 4.69) is 0 Å². The summed E-state index contributed by atoms with van der Waals surface area (Å²) < 4.78 is 0. The van der Waals surface area contributed by atoms with E-state index < -0.39 is 0 Å². The Bertz CT molecular complexity index is 83.1. The molecule has 0 unspecified atom stereocenters. The molecular formula is C6H14NO2+. The second-order valence-electron chi connectivity index (χ2n) is 1.89. The van der Waals surface area contributed by atoms with Gasteiger partial charge in [-0.25, -0.2) is 4.84 Å². The number of hydrogen-bond donors (Lipinski definition) is 0. The minimum absolute atomic E-state index is 0.472. The Morgan fingerprint density at radius 1 is 1.33 bits per heavy atom. The van der Waals surface area contributed by atoms with Crippen LogP contribution < -0.4 is 0 Å². The highest BCUT2D eigenvalue weighted by Gasteiger charge is 2.04. The molecule has 0 N–H and O–H groups in total. The van der Waals surface area contributed by atoms with Gasteiger partial charge < -0.3 is 0 Å². The molecule has 0 bridgehead atoms. The first-order chi connectivity index (χ1) is 4.31. The molecule has 0 heterocycles. The molecule has 0 saturated heterocycles. The van der Waals surface area contributed by atoms with Crippen molar-refractivity contribution in [2.75, 3.05) is 13.2 Å². The molecule has 0 aliphatic carbocycles. The zero-order valence-electron chi connectivity index (χ0n) is 6.09. The molecule has 0 aromatic heterocycles. The van der Waals surface area contributed by atoms with E-state index in [9.17, 15) is 4.91 Å². The Morgan fingerprint density at radius 3 is 2.44 bits per heavy atom. The van der Waals surface area contributed by atoms with E-state index in [1.807, 2.05) is 13.8 Å². The molecule has 0 radical (unpaired) electrons. The smallest absolute Gasteiger partial charge is 0.232 e. The zero-order chi connectivity index (χ0) is 7.11. The Hall–Kier alpha value is -0.600. The third kappa shape index (κ3) is 5.27. The number of nitrogens with zero attached hydrogens (tertiary/aromatic N) is 1. The highest BCUT2D eigenvalue weighted by atomic mass is 16.8. The summed E-state index contributed by atoms with van der Waals surface area (Å²) >= 11 is 0. The van der Waals surface area contributed by atoms with Gasteiger partial charge in [-0.2, -0.15) is 0 Å². The van der Waals surface area contributed by atoms with Crippen LogP contribution in [-0.2, 0) is 4.84 Å². The van der Waals surface area contributed by atoms with Crippen LogP contribution in [0.15, 0.2) is 0 Å². The normalized spacial score (nSPS) is 9.11. The lowest BCUT2D eigenvalue weighted by Gasteiger charge is -1.89. The maximum Gasteiger partial charge on any atom is 0.248 e. The van der Waals surface area contributed by atoms with Crippen LogP contribution in [0, 0.1) is 4.91 Å². The van der Waals surface area contributed by atoms with Crippen LogP contribution in [0.25, 0.3) is 0 Å². The summed E-state index contributed by atoms with van der Waals surface area (Å²) in [4.78, 5) is 15.8. The second-order valence-corrected chi connectivity index (χ2v) is 1.89. The average Bonchev–Trinajstić information content (AvgIpc) is 1.85. The van der Waals surface area contributed by atoms with E-state index >= 15 is 0 Å². The molecule has 0 fully saturated rings. The van der Waals surface area contributed by atoms with E-state index in [0.29, 0.717) is 18.1 Å². The van der Waals surface area contributed by atoms with Crippen molar-refractivity contribution in [1.29, 1.82) is 0 Å². The molecule has 0 saturated carbocycles. The summed E-state index contributed by atoms with van der Waals surface area (Å²) in [5, 5.41) is 0. The van der Waals surface area contributed by atoms with Crippen LogP contribution in [0.1, 0.15) is 26.7 Å². The number of rotatable bonds is 5. The van der Waals surface area contributed by atoms with Crippen LogP contribution in [0.3, 0.4) is 0 Å². The fraction of sp³-hybridized carbons (Fsp3) is 1.00. The van der Waals surface area contributed by atoms with Crippen molar-refractivity contribution in [2.24, 2.45) is 0 Å². The first-order valence-corrected chi connectivity index (χ1v) is 3.38. The summed E-state index contributed by atoms with van der Waals surface area (Å²) in [7, 11) is 0. The highest BCUT2D eigenvalue weighted by molar-refractivity contribution is 4.17. The minimum Gasteiger partial charge on any atom is -0.232 e. The van der Waals surface area contributed by atoms with Crippen LogP contribution in [0.2, 0.25) is 0 Å². The molecule has 9 heavy (non-hydrogen) atoms. The maximum absolute atomic E-state index is 10.5. The first-order valence-electron chi connectivity index (χ1n) is 3.38. The fourth-order valence-corrected chi connectivity index (χ4v) is 0.440. The Balaban J connectivity index is 3.06. The van der Waals surface area contributed by atoms with Crippen molar-refractivity contribution in [3.05, 3.63) is 4.91 Å². The lowest BCUT2D eigenvalue weighted by atomic mass is 10.5. The Labute approximate surface area is 55.5 Å². The van der Waals surface area contributed by atoms with E-state index in [4.69, 9.17) is 4.84 Å². The van der Waals surface area contributed by atoms with Crippen molar-refractivity contribution in [1.82, 2.24) is 0 Å². The molecule has 0 aliphatic rings. The molecule has 0 spiro atoms. The fourth-order valence-electron chi connectivity index (χ4n) is 0.440. The standard InChI is InChI=1S/C6H14NO2/c1-3-5-7(8)9-6-4-2/h3-6H2,1-2H3/q+1. The third-order valence-corrected chi connectivity index (χ3v) is 0.846. The minimum atomic E-state index is 0.472. The van der Waals surface area contributed by atoms with Crippen LogP contribution in [-0.4, -0.2) is 18.1 Å². The Morgan fingerprint density at radius 2 is 2.00 bits per heavy atom. The van der Waals surface area contributed by atoms with Gasteiger partial charge in [0, 0.05) is 6.42 Å². The molecule has 54 valence electrons. The predicted molar refractivity (Wildman–Crippen MR) is 35.0 cm³/mol. The molecule has 0 aliphatic heterocycles. The van der Waals surface area contributed by atoms with Crippen LogP contribution in [0.5, 0.6) is 0 Å².